The Bertz CT molecular complexity index is 624. The topological polar surface area (TPSA) is 81.8 Å². The average Bonchev–Trinajstić information content (AvgIpc) is 2.57. The standard InChI is InChI=1S/C17H24N4O3.ClH/c1-3-18-11-13-6-5-7-14(10-13)19-15(22)12-21-9-8-20(4-2)16(23)17(21)24;/h5-7,10,18H,3-4,8-9,11-12H2,1-2H3,(H,19,22);1H. The predicted octanol–water partition coefficient (Wildman–Crippen LogP) is 0.847. The molecule has 1 aliphatic heterocycles. The lowest BCUT2D eigenvalue weighted by molar-refractivity contribution is -0.156. The van der Waals surface area contributed by atoms with Crippen LogP contribution in [0.25, 0.3) is 0 Å². The molecule has 1 fully saturated rings. The first-order valence-electron chi connectivity index (χ1n) is 8.22. The zero-order chi connectivity index (χ0) is 17.5. The Morgan fingerprint density at radius 3 is 2.48 bits per heavy atom. The molecule has 2 rings (SSSR count). The van der Waals surface area contributed by atoms with Crippen LogP contribution in [0.1, 0.15) is 19.4 Å². The van der Waals surface area contributed by atoms with E-state index in [0.717, 1.165) is 18.7 Å². The fourth-order valence-electron chi connectivity index (χ4n) is 2.57. The molecular weight excluding hydrogens is 344 g/mol. The van der Waals surface area contributed by atoms with Crippen LogP contribution >= 0.6 is 12.4 Å². The molecule has 7 nitrogen and oxygen atoms in total. The van der Waals surface area contributed by atoms with Crippen molar-refractivity contribution in [1.82, 2.24) is 15.1 Å². The maximum Gasteiger partial charge on any atom is 0.312 e. The van der Waals surface area contributed by atoms with Gasteiger partial charge in [-0.3, -0.25) is 14.4 Å². The highest BCUT2D eigenvalue weighted by molar-refractivity contribution is 6.35. The van der Waals surface area contributed by atoms with Crippen molar-refractivity contribution in [3.05, 3.63) is 29.8 Å². The number of piperazine rings is 1. The summed E-state index contributed by atoms with van der Waals surface area (Å²) in [7, 11) is 0. The van der Waals surface area contributed by atoms with E-state index in [2.05, 4.69) is 10.6 Å². The van der Waals surface area contributed by atoms with Crippen LogP contribution < -0.4 is 10.6 Å². The number of rotatable bonds is 7. The average molecular weight is 369 g/mol. The molecule has 0 bridgehead atoms. The summed E-state index contributed by atoms with van der Waals surface area (Å²) >= 11 is 0. The molecule has 1 aromatic carbocycles. The molecule has 1 aromatic rings. The third-order valence-electron chi connectivity index (χ3n) is 3.90. The van der Waals surface area contributed by atoms with Gasteiger partial charge in [-0.25, -0.2) is 0 Å². The zero-order valence-corrected chi connectivity index (χ0v) is 15.4. The van der Waals surface area contributed by atoms with Crippen LogP contribution in [-0.2, 0) is 20.9 Å². The van der Waals surface area contributed by atoms with Crippen molar-refractivity contribution in [1.29, 1.82) is 0 Å². The van der Waals surface area contributed by atoms with E-state index >= 15 is 0 Å². The second-order valence-corrected chi connectivity index (χ2v) is 5.64. The van der Waals surface area contributed by atoms with Crippen LogP contribution in [0.4, 0.5) is 5.69 Å². The third kappa shape index (κ3) is 5.72. The van der Waals surface area contributed by atoms with Gasteiger partial charge in [0.2, 0.25) is 5.91 Å². The van der Waals surface area contributed by atoms with E-state index in [1.165, 1.54) is 9.80 Å². The number of nitrogens with one attached hydrogen (secondary N) is 2. The fraction of sp³-hybridized carbons (Fsp3) is 0.471. The van der Waals surface area contributed by atoms with Gasteiger partial charge in [0.05, 0.1) is 0 Å². The van der Waals surface area contributed by atoms with Crippen LogP contribution in [0.15, 0.2) is 24.3 Å². The van der Waals surface area contributed by atoms with Crippen molar-refractivity contribution in [2.45, 2.75) is 20.4 Å². The van der Waals surface area contributed by atoms with Crippen molar-refractivity contribution >= 4 is 35.8 Å². The summed E-state index contributed by atoms with van der Waals surface area (Å²) in [6, 6.07) is 7.54. The molecule has 0 radical (unpaired) electrons. The highest BCUT2D eigenvalue weighted by atomic mass is 35.5. The van der Waals surface area contributed by atoms with E-state index in [4.69, 9.17) is 0 Å². The summed E-state index contributed by atoms with van der Waals surface area (Å²) in [5.41, 5.74) is 1.75. The Balaban J connectivity index is 0.00000312. The number of carbonyl (C=O) groups excluding carboxylic acids is 3. The van der Waals surface area contributed by atoms with Gasteiger partial charge in [-0.15, -0.1) is 12.4 Å². The first kappa shape index (κ1) is 20.9. The Kier molecular flexibility index (Phi) is 8.37. The third-order valence-corrected chi connectivity index (χ3v) is 3.90. The van der Waals surface area contributed by atoms with Gasteiger partial charge in [0.15, 0.2) is 0 Å². The van der Waals surface area contributed by atoms with Gasteiger partial charge in [-0.05, 0) is 31.2 Å². The second-order valence-electron chi connectivity index (χ2n) is 5.64. The maximum atomic E-state index is 12.2. The summed E-state index contributed by atoms with van der Waals surface area (Å²) in [4.78, 5) is 38.8. The highest BCUT2D eigenvalue weighted by Crippen LogP contribution is 2.11. The van der Waals surface area contributed by atoms with Gasteiger partial charge in [-0.1, -0.05) is 19.1 Å². The lowest BCUT2D eigenvalue weighted by Gasteiger charge is -2.32. The van der Waals surface area contributed by atoms with Crippen LogP contribution in [-0.4, -0.2) is 60.2 Å². The van der Waals surface area contributed by atoms with Crippen molar-refractivity contribution in [3.8, 4) is 0 Å². The SMILES string of the molecule is CCNCc1cccc(NC(=O)CN2CCN(CC)C(=O)C2=O)c1.Cl. The fourth-order valence-corrected chi connectivity index (χ4v) is 2.57. The number of likely N-dealkylation sites (N-methyl/N-ethyl adjacent to an activating group) is 1. The van der Waals surface area contributed by atoms with Gasteiger partial charge < -0.3 is 20.4 Å². The van der Waals surface area contributed by atoms with E-state index in [1.54, 1.807) is 6.07 Å². The molecule has 0 atom stereocenters. The van der Waals surface area contributed by atoms with Crippen molar-refractivity contribution in [3.63, 3.8) is 0 Å². The molecule has 3 amide bonds. The van der Waals surface area contributed by atoms with Crippen molar-refractivity contribution in [2.75, 3.05) is 38.0 Å². The number of hydrogen-bond donors (Lipinski definition) is 2. The Hall–Kier alpha value is -2.12. The second kappa shape index (κ2) is 10.0. The van der Waals surface area contributed by atoms with Crippen LogP contribution in [0.2, 0.25) is 0 Å². The summed E-state index contributed by atoms with van der Waals surface area (Å²) in [5.74, 6) is -1.45. The molecule has 25 heavy (non-hydrogen) atoms. The van der Waals surface area contributed by atoms with E-state index in [-0.39, 0.29) is 24.9 Å². The minimum atomic E-state index is -0.612. The zero-order valence-electron chi connectivity index (χ0n) is 14.6. The molecule has 2 N–H and O–H groups in total. The quantitative estimate of drug-likeness (QED) is 0.699. The number of carbonyl (C=O) groups is 3. The molecule has 138 valence electrons. The molecule has 1 aliphatic rings. The van der Waals surface area contributed by atoms with Gasteiger partial charge in [0.25, 0.3) is 0 Å². The van der Waals surface area contributed by atoms with E-state index in [0.29, 0.717) is 25.3 Å². The smallest absolute Gasteiger partial charge is 0.312 e. The molecule has 0 unspecified atom stereocenters. The number of nitrogens with zero attached hydrogens (tertiary/aromatic N) is 2. The van der Waals surface area contributed by atoms with Gasteiger partial charge in [-0.2, -0.15) is 0 Å². The molecule has 0 spiro atoms. The minimum absolute atomic E-state index is 0. The maximum absolute atomic E-state index is 12.2. The van der Waals surface area contributed by atoms with Crippen LogP contribution in [0, 0.1) is 0 Å². The lowest BCUT2D eigenvalue weighted by Crippen LogP contribution is -2.55. The van der Waals surface area contributed by atoms with Crippen LogP contribution in [0.3, 0.4) is 0 Å². The van der Waals surface area contributed by atoms with Gasteiger partial charge in [0.1, 0.15) is 6.54 Å². The molecule has 1 saturated heterocycles. The van der Waals surface area contributed by atoms with Gasteiger partial charge >= 0.3 is 11.8 Å². The Labute approximate surface area is 154 Å². The summed E-state index contributed by atoms with van der Waals surface area (Å²) < 4.78 is 0. The monoisotopic (exact) mass is 368 g/mol. The molecule has 8 heteroatoms. The van der Waals surface area contributed by atoms with Crippen LogP contribution in [0.5, 0.6) is 0 Å². The lowest BCUT2D eigenvalue weighted by atomic mass is 10.2. The summed E-state index contributed by atoms with van der Waals surface area (Å²) in [6.07, 6.45) is 0. The van der Waals surface area contributed by atoms with Gasteiger partial charge in [0, 0.05) is 31.9 Å². The summed E-state index contributed by atoms with van der Waals surface area (Å²) in [5, 5.41) is 6.00. The predicted molar refractivity (Wildman–Crippen MR) is 98.5 cm³/mol. The molecule has 0 aromatic heterocycles. The molecular formula is C17H25ClN4O3. The van der Waals surface area contributed by atoms with E-state index < -0.39 is 11.8 Å². The number of hydrogen-bond acceptors (Lipinski definition) is 4. The molecule has 0 saturated carbocycles. The first-order chi connectivity index (χ1) is 11.5. The van der Waals surface area contributed by atoms with Crippen molar-refractivity contribution in [2.24, 2.45) is 0 Å². The largest absolute Gasteiger partial charge is 0.333 e. The molecule has 0 aliphatic carbocycles. The number of benzene rings is 1. The number of amides is 3. The number of anilines is 1. The first-order valence-corrected chi connectivity index (χ1v) is 8.22. The van der Waals surface area contributed by atoms with E-state index in [1.807, 2.05) is 32.0 Å². The normalized spacial score (nSPS) is 14.3. The Morgan fingerprint density at radius 1 is 1.12 bits per heavy atom. The van der Waals surface area contributed by atoms with E-state index in [9.17, 15) is 14.4 Å². The number of halogens is 1. The van der Waals surface area contributed by atoms with Crippen molar-refractivity contribution < 1.29 is 14.4 Å². The summed E-state index contributed by atoms with van der Waals surface area (Å²) in [6.45, 7) is 6.69. The molecule has 1 heterocycles. The Morgan fingerprint density at radius 2 is 1.80 bits per heavy atom. The minimum Gasteiger partial charge on any atom is -0.333 e. The highest BCUT2D eigenvalue weighted by Gasteiger charge is 2.32.